The predicted molar refractivity (Wildman–Crippen MR) is 85.1 cm³/mol. The number of aromatic nitrogens is 3. The van der Waals surface area contributed by atoms with E-state index in [0.29, 0.717) is 17.4 Å². The number of amides is 1. The summed E-state index contributed by atoms with van der Waals surface area (Å²) in [6, 6.07) is 3.56. The molecule has 4 rings (SSSR count). The third-order valence-corrected chi connectivity index (χ3v) is 4.35. The van der Waals surface area contributed by atoms with E-state index in [2.05, 4.69) is 15.0 Å². The smallest absolute Gasteiger partial charge is 0.243 e. The van der Waals surface area contributed by atoms with Crippen LogP contribution >= 0.6 is 11.6 Å². The van der Waals surface area contributed by atoms with Gasteiger partial charge in [-0.05, 0) is 44.4 Å². The number of pyridine rings is 1. The Morgan fingerprint density at radius 3 is 2.65 bits per heavy atom. The van der Waals surface area contributed by atoms with Crippen molar-refractivity contribution in [2.45, 2.75) is 38.2 Å². The molecule has 0 radical (unpaired) electrons. The molecular weight excluding hydrogens is 316 g/mol. The minimum Gasteiger partial charge on any atom is -0.475 e. The van der Waals surface area contributed by atoms with E-state index in [1.54, 1.807) is 23.4 Å². The number of nitrogens with zero attached hydrogens (tertiary/aromatic N) is 4. The Morgan fingerprint density at radius 1 is 1.26 bits per heavy atom. The number of rotatable bonds is 3. The number of carbonyl (C=O) groups excluding carboxylic acids is 1. The lowest BCUT2D eigenvalue weighted by Crippen LogP contribution is -2.28. The van der Waals surface area contributed by atoms with Crippen LogP contribution in [0.4, 0.5) is 11.5 Å². The molecule has 2 aliphatic rings. The third kappa shape index (κ3) is 2.16. The molecule has 1 aliphatic carbocycles. The summed E-state index contributed by atoms with van der Waals surface area (Å²) >= 11 is 5.92. The van der Waals surface area contributed by atoms with Gasteiger partial charge in [0, 0.05) is 17.8 Å². The number of hydrogen-bond acceptors (Lipinski definition) is 5. The molecule has 0 bridgehead atoms. The highest BCUT2D eigenvalue weighted by Gasteiger charge is 2.60. The van der Waals surface area contributed by atoms with E-state index in [-0.39, 0.29) is 17.3 Å². The van der Waals surface area contributed by atoms with Crippen molar-refractivity contribution < 1.29 is 9.53 Å². The first-order valence-corrected chi connectivity index (χ1v) is 7.89. The van der Waals surface area contributed by atoms with Gasteiger partial charge in [0.1, 0.15) is 5.82 Å². The summed E-state index contributed by atoms with van der Waals surface area (Å²) in [7, 11) is 0. The largest absolute Gasteiger partial charge is 0.475 e. The van der Waals surface area contributed by atoms with Gasteiger partial charge in [-0.2, -0.15) is 4.98 Å². The molecule has 7 heteroatoms. The second kappa shape index (κ2) is 4.89. The van der Waals surface area contributed by atoms with Crippen molar-refractivity contribution in [2.75, 3.05) is 4.90 Å². The Kier molecular flexibility index (Phi) is 3.06. The number of carbonyl (C=O) groups is 1. The zero-order valence-electron chi connectivity index (χ0n) is 12.8. The second-order valence-corrected chi connectivity index (χ2v) is 6.46. The highest BCUT2D eigenvalue weighted by molar-refractivity contribution is 6.28. The minimum atomic E-state index is -0.465. The van der Waals surface area contributed by atoms with Crippen LogP contribution in [0.3, 0.4) is 0 Å². The normalized spacial score (nSPS) is 17.7. The quantitative estimate of drug-likeness (QED) is 0.809. The summed E-state index contributed by atoms with van der Waals surface area (Å²) in [5.74, 6) is 1.10. The van der Waals surface area contributed by atoms with Gasteiger partial charge in [-0.3, -0.25) is 9.69 Å². The fourth-order valence-electron chi connectivity index (χ4n) is 2.95. The van der Waals surface area contributed by atoms with Gasteiger partial charge in [0.2, 0.25) is 17.1 Å². The molecule has 1 amide bonds. The van der Waals surface area contributed by atoms with E-state index in [0.717, 1.165) is 18.4 Å². The van der Waals surface area contributed by atoms with Crippen LogP contribution in [-0.2, 0) is 10.2 Å². The van der Waals surface area contributed by atoms with E-state index < -0.39 is 5.41 Å². The Balaban J connectivity index is 1.75. The molecule has 1 aliphatic heterocycles. The maximum Gasteiger partial charge on any atom is 0.243 e. The lowest BCUT2D eigenvalue weighted by atomic mass is 10.0. The van der Waals surface area contributed by atoms with Gasteiger partial charge < -0.3 is 4.74 Å². The van der Waals surface area contributed by atoms with Crippen LogP contribution in [0, 0.1) is 0 Å². The zero-order chi connectivity index (χ0) is 16.2. The van der Waals surface area contributed by atoms with Crippen molar-refractivity contribution in [3.05, 3.63) is 35.4 Å². The van der Waals surface area contributed by atoms with Crippen molar-refractivity contribution in [3.8, 4) is 5.88 Å². The van der Waals surface area contributed by atoms with Gasteiger partial charge in [-0.1, -0.05) is 0 Å². The van der Waals surface area contributed by atoms with E-state index in [1.165, 1.54) is 0 Å². The molecule has 1 spiro atoms. The van der Waals surface area contributed by atoms with E-state index in [4.69, 9.17) is 16.3 Å². The van der Waals surface area contributed by atoms with Crippen molar-refractivity contribution in [1.29, 1.82) is 0 Å². The number of fused-ring (bicyclic) bond motifs is 2. The van der Waals surface area contributed by atoms with Crippen molar-refractivity contribution >= 4 is 29.0 Å². The highest BCUT2D eigenvalue weighted by atomic mass is 35.5. The van der Waals surface area contributed by atoms with E-state index in [1.807, 2.05) is 19.9 Å². The van der Waals surface area contributed by atoms with Crippen LogP contribution in [0.25, 0.3) is 0 Å². The summed E-state index contributed by atoms with van der Waals surface area (Å²) in [5, 5.41) is 0.131. The molecule has 0 unspecified atom stereocenters. The second-order valence-electron chi connectivity index (χ2n) is 6.12. The molecule has 3 heterocycles. The van der Waals surface area contributed by atoms with Gasteiger partial charge in [0.05, 0.1) is 23.4 Å². The van der Waals surface area contributed by atoms with Gasteiger partial charge in [-0.25, -0.2) is 9.97 Å². The van der Waals surface area contributed by atoms with Gasteiger partial charge in [0.15, 0.2) is 0 Å². The summed E-state index contributed by atoms with van der Waals surface area (Å²) in [5.41, 5.74) is 1.05. The van der Waals surface area contributed by atoms with Gasteiger partial charge in [0.25, 0.3) is 0 Å². The molecule has 0 saturated heterocycles. The monoisotopic (exact) mass is 330 g/mol. The Morgan fingerprint density at radius 2 is 2.04 bits per heavy atom. The minimum absolute atomic E-state index is 0.0170. The number of anilines is 2. The molecule has 0 atom stereocenters. The summed E-state index contributed by atoms with van der Waals surface area (Å²) in [6.45, 7) is 3.87. The molecule has 0 aromatic carbocycles. The molecular formula is C16H15ClN4O2. The van der Waals surface area contributed by atoms with Gasteiger partial charge in [-0.15, -0.1) is 0 Å². The average molecular weight is 331 g/mol. The van der Waals surface area contributed by atoms with Crippen molar-refractivity contribution in [1.82, 2.24) is 15.0 Å². The van der Waals surface area contributed by atoms with E-state index in [9.17, 15) is 4.79 Å². The standard InChI is InChI=1S/C16H15ClN4O2/c1-9(2)23-12-4-3-10(7-18-12)21-13-11(8-19-15(17)20-13)16(5-6-16)14(21)22/h3-4,7-9H,5-6H2,1-2H3. The molecule has 1 saturated carbocycles. The first-order chi connectivity index (χ1) is 11.0. The first-order valence-electron chi connectivity index (χ1n) is 7.51. The van der Waals surface area contributed by atoms with Crippen LogP contribution in [0.1, 0.15) is 32.3 Å². The average Bonchev–Trinajstić information content (AvgIpc) is 3.26. The topological polar surface area (TPSA) is 68.2 Å². The van der Waals surface area contributed by atoms with Crippen LogP contribution < -0.4 is 9.64 Å². The SMILES string of the molecule is CC(C)Oc1ccc(N2C(=O)C3(CC3)c3cnc(Cl)nc32)cn1. The zero-order valence-corrected chi connectivity index (χ0v) is 13.5. The fourth-order valence-corrected chi connectivity index (χ4v) is 3.08. The van der Waals surface area contributed by atoms with Crippen LogP contribution in [0.15, 0.2) is 24.5 Å². The highest BCUT2D eigenvalue weighted by Crippen LogP contribution is 2.58. The van der Waals surface area contributed by atoms with E-state index >= 15 is 0 Å². The van der Waals surface area contributed by atoms with Crippen molar-refractivity contribution in [3.63, 3.8) is 0 Å². The number of halogens is 1. The van der Waals surface area contributed by atoms with Gasteiger partial charge >= 0.3 is 0 Å². The maximum absolute atomic E-state index is 12.9. The molecule has 23 heavy (non-hydrogen) atoms. The number of hydrogen-bond donors (Lipinski definition) is 0. The summed E-state index contributed by atoms with van der Waals surface area (Å²) in [6.07, 6.45) is 4.98. The summed E-state index contributed by atoms with van der Waals surface area (Å²) in [4.78, 5) is 27.0. The molecule has 1 fully saturated rings. The van der Waals surface area contributed by atoms with Crippen LogP contribution in [-0.4, -0.2) is 27.0 Å². The Hall–Kier alpha value is -2.21. The molecule has 6 nitrogen and oxygen atoms in total. The first kappa shape index (κ1) is 14.4. The lowest BCUT2D eigenvalue weighted by Gasteiger charge is -2.17. The van der Waals surface area contributed by atoms with Crippen LogP contribution in [0.2, 0.25) is 5.28 Å². The fraction of sp³-hybridized carbons (Fsp3) is 0.375. The molecule has 0 N–H and O–H groups in total. The third-order valence-electron chi connectivity index (χ3n) is 4.16. The molecule has 2 aromatic rings. The summed E-state index contributed by atoms with van der Waals surface area (Å²) < 4.78 is 5.54. The molecule has 118 valence electrons. The maximum atomic E-state index is 12.9. The predicted octanol–water partition coefficient (Wildman–Crippen LogP) is 3.02. The Bertz CT molecular complexity index is 787. The van der Waals surface area contributed by atoms with Crippen LogP contribution in [0.5, 0.6) is 5.88 Å². The molecule has 2 aromatic heterocycles. The lowest BCUT2D eigenvalue weighted by molar-refractivity contribution is -0.119. The number of ether oxygens (including phenoxy) is 1. The Labute approximate surface area is 138 Å². The van der Waals surface area contributed by atoms with Crippen molar-refractivity contribution in [2.24, 2.45) is 0 Å².